The molecule has 0 unspecified atom stereocenters. The van der Waals surface area contributed by atoms with Gasteiger partial charge in [-0.05, 0) is 38.7 Å². The fraction of sp³-hybridized carbons (Fsp3) is 0.625. The van der Waals surface area contributed by atoms with E-state index in [1.807, 2.05) is 0 Å². The van der Waals surface area contributed by atoms with Crippen LogP contribution in [0, 0.1) is 0 Å². The molecule has 0 aliphatic carbocycles. The molecule has 0 bridgehead atoms. The molecule has 5 nitrogen and oxygen atoms in total. The smallest absolute Gasteiger partial charge is 0.370 e. The van der Waals surface area contributed by atoms with E-state index < -0.39 is 11.7 Å². The van der Waals surface area contributed by atoms with Gasteiger partial charge in [0.25, 0.3) is 0 Å². The zero-order valence-corrected chi connectivity index (χ0v) is 18.6. The van der Waals surface area contributed by atoms with E-state index in [0.29, 0.717) is 18.9 Å². The highest BCUT2D eigenvalue weighted by atomic mass is 127. The number of anilines is 1. The topological polar surface area (TPSA) is 61.3 Å². The summed E-state index contributed by atoms with van der Waals surface area (Å²) >= 11 is 1.78. The summed E-state index contributed by atoms with van der Waals surface area (Å²) < 4.78 is 37.5. The number of thioether (sulfide) groups is 1. The van der Waals surface area contributed by atoms with Gasteiger partial charge in [0.2, 0.25) is 0 Å². The monoisotopic (exact) mass is 505 g/mol. The van der Waals surface area contributed by atoms with Crippen LogP contribution in [0.5, 0.6) is 0 Å². The van der Waals surface area contributed by atoms with E-state index >= 15 is 0 Å². The number of rotatable bonds is 8. The van der Waals surface area contributed by atoms with Crippen LogP contribution in [0.1, 0.15) is 25.8 Å². The van der Waals surface area contributed by atoms with Crippen molar-refractivity contribution in [3.8, 4) is 0 Å². The van der Waals surface area contributed by atoms with Gasteiger partial charge in [-0.3, -0.25) is 4.99 Å². The highest BCUT2D eigenvalue weighted by Crippen LogP contribution is 2.28. The lowest BCUT2D eigenvalue weighted by Crippen LogP contribution is -2.43. The van der Waals surface area contributed by atoms with Crippen molar-refractivity contribution >= 4 is 47.5 Å². The Hall–Kier alpha value is -0.910. The van der Waals surface area contributed by atoms with Gasteiger partial charge in [-0.25, -0.2) is 4.98 Å². The number of aromatic nitrogens is 1. The third-order valence-corrected chi connectivity index (χ3v) is 4.75. The number of nitrogens with one attached hydrogen (secondary N) is 3. The van der Waals surface area contributed by atoms with Gasteiger partial charge in [0.15, 0.2) is 5.96 Å². The molecule has 0 aliphatic rings. The molecule has 1 aromatic heterocycles. The molecule has 0 spiro atoms. The summed E-state index contributed by atoms with van der Waals surface area (Å²) in [4.78, 5) is 7.93. The van der Waals surface area contributed by atoms with Gasteiger partial charge in [-0.1, -0.05) is 0 Å². The average molecular weight is 505 g/mol. The molecule has 1 rings (SSSR count). The molecule has 0 aromatic carbocycles. The third-order valence-electron chi connectivity index (χ3n) is 3.50. The summed E-state index contributed by atoms with van der Waals surface area (Å²) in [6.07, 6.45) is -0.683. The second kappa shape index (κ2) is 11.7. The number of nitrogens with zero attached hydrogens (tertiary/aromatic N) is 2. The Morgan fingerprint density at radius 2 is 1.88 bits per heavy atom. The lowest BCUT2D eigenvalue weighted by Gasteiger charge is -2.23. The standard InChI is InChI=1S/C16H26F3N5S.HI/c1-15(2,25-4)11-24-14(20-3)22-9-5-8-21-13-7-6-12(10-23-13)16(17,18)19;/h6-7,10H,5,8-9,11H2,1-4H3,(H,21,23)(H2,20,22,24);1H. The van der Waals surface area contributed by atoms with Crippen molar-refractivity contribution in [1.29, 1.82) is 0 Å². The lowest BCUT2D eigenvalue weighted by molar-refractivity contribution is -0.137. The largest absolute Gasteiger partial charge is 0.417 e. The zero-order chi connectivity index (χ0) is 18.9. The van der Waals surface area contributed by atoms with Crippen LogP contribution in [0.15, 0.2) is 23.3 Å². The van der Waals surface area contributed by atoms with Crippen LogP contribution < -0.4 is 16.0 Å². The average Bonchev–Trinajstić information content (AvgIpc) is 2.57. The molecular formula is C16H27F3IN5S. The summed E-state index contributed by atoms with van der Waals surface area (Å²) in [7, 11) is 1.71. The van der Waals surface area contributed by atoms with Gasteiger partial charge >= 0.3 is 6.18 Å². The van der Waals surface area contributed by atoms with Gasteiger partial charge in [-0.2, -0.15) is 24.9 Å². The second-order valence-electron chi connectivity index (χ2n) is 6.03. The number of pyridine rings is 1. The first-order valence-corrected chi connectivity index (χ1v) is 9.17. The van der Waals surface area contributed by atoms with Crippen molar-refractivity contribution in [1.82, 2.24) is 15.6 Å². The Kier molecular flexibility index (Phi) is 11.3. The van der Waals surface area contributed by atoms with Gasteiger partial charge in [0, 0.05) is 37.6 Å². The number of hydrogen-bond donors (Lipinski definition) is 3. The van der Waals surface area contributed by atoms with Crippen LogP contribution in [-0.4, -0.2) is 48.6 Å². The van der Waals surface area contributed by atoms with Crippen molar-refractivity contribution in [2.75, 3.05) is 38.3 Å². The maximum absolute atomic E-state index is 12.5. The van der Waals surface area contributed by atoms with Gasteiger partial charge in [0.05, 0.1) is 5.56 Å². The first kappa shape index (κ1) is 25.1. The van der Waals surface area contributed by atoms with Crippen LogP contribution in [0.4, 0.5) is 19.0 Å². The van der Waals surface area contributed by atoms with Crippen molar-refractivity contribution in [2.45, 2.75) is 31.2 Å². The first-order chi connectivity index (χ1) is 11.7. The van der Waals surface area contributed by atoms with Crippen LogP contribution in [0.2, 0.25) is 0 Å². The van der Waals surface area contributed by atoms with Crippen molar-refractivity contribution in [3.05, 3.63) is 23.9 Å². The minimum absolute atomic E-state index is 0. The van der Waals surface area contributed by atoms with E-state index in [9.17, 15) is 13.2 Å². The van der Waals surface area contributed by atoms with Gasteiger partial charge in [0.1, 0.15) is 5.82 Å². The Labute approximate surface area is 174 Å². The Bertz CT molecular complexity index is 550. The number of guanidine groups is 1. The number of hydrogen-bond acceptors (Lipinski definition) is 4. The molecule has 0 amide bonds. The minimum Gasteiger partial charge on any atom is -0.370 e. The molecule has 0 saturated carbocycles. The maximum Gasteiger partial charge on any atom is 0.417 e. The molecule has 0 saturated heterocycles. The fourth-order valence-electron chi connectivity index (χ4n) is 1.77. The molecule has 3 N–H and O–H groups in total. The molecule has 150 valence electrons. The predicted octanol–water partition coefficient (Wildman–Crippen LogP) is 3.83. The SMILES string of the molecule is CN=C(NCCCNc1ccc(C(F)(F)F)cn1)NCC(C)(C)SC.I. The molecule has 0 fully saturated rings. The van der Waals surface area contributed by atoms with E-state index in [1.54, 1.807) is 18.8 Å². The van der Waals surface area contributed by atoms with Crippen LogP contribution in [0.3, 0.4) is 0 Å². The predicted molar refractivity (Wildman–Crippen MR) is 115 cm³/mol. The van der Waals surface area contributed by atoms with Crippen LogP contribution in [-0.2, 0) is 6.18 Å². The molecule has 10 heteroatoms. The highest BCUT2D eigenvalue weighted by molar-refractivity contribution is 14.0. The van der Waals surface area contributed by atoms with Crippen molar-refractivity contribution < 1.29 is 13.2 Å². The van der Waals surface area contributed by atoms with Gasteiger partial charge < -0.3 is 16.0 Å². The molecule has 26 heavy (non-hydrogen) atoms. The van der Waals surface area contributed by atoms with E-state index in [-0.39, 0.29) is 28.7 Å². The van der Waals surface area contributed by atoms with Crippen LogP contribution in [0.25, 0.3) is 0 Å². The summed E-state index contributed by atoms with van der Waals surface area (Å²) in [6, 6.07) is 2.36. The second-order valence-corrected chi connectivity index (χ2v) is 7.54. The lowest BCUT2D eigenvalue weighted by atomic mass is 10.2. The summed E-state index contributed by atoms with van der Waals surface area (Å²) in [6.45, 7) is 6.38. The summed E-state index contributed by atoms with van der Waals surface area (Å²) in [5.41, 5.74) is -0.747. The third kappa shape index (κ3) is 9.70. The van der Waals surface area contributed by atoms with Gasteiger partial charge in [-0.15, -0.1) is 24.0 Å². The normalized spacial score (nSPS) is 12.3. The van der Waals surface area contributed by atoms with Crippen molar-refractivity contribution in [2.24, 2.45) is 4.99 Å². The minimum atomic E-state index is -4.36. The maximum atomic E-state index is 12.5. The Morgan fingerprint density at radius 1 is 1.19 bits per heavy atom. The molecular weight excluding hydrogens is 478 g/mol. The number of aliphatic imine (C=N–C) groups is 1. The van der Waals surface area contributed by atoms with E-state index in [2.05, 4.69) is 46.0 Å². The Balaban J connectivity index is 0.00000625. The molecule has 0 atom stereocenters. The molecule has 1 heterocycles. The van der Waals surface area contributed by atoms with Crippen molar-refractivity contribution in [3.63, 3.8) is 0 Å². The summed E-state index contributed by atoms with van der Waals surface area (Å²) in [5.74, 6) is 1.16. The van der Waals surface area contributed by atoms with E-state index in [1.165, 1.54) is 6.07 Å². The van der Waals surface area contributed by atoms with Crippen LogP contribution >= 0.6 is 35.7 Å². The van der Waals surface area contributed by atoms with E-state index in [0.717, 1.165) is 31.2 Å². The highest BCUT2D eigenvalue weighted by Gasteiger charge is 2.30. The quantitative estimate of drug-likeness (QED) is 0.217. The molecule has 0 radical (unpaired) electrons. The fourth-order valence-corrected chi connectivity index (χ4v) is 1.98. The number of halogens is 4. The van der Waals surface area contributed by atoms with E-state index in [4.69, 9.17) is 0 Å². The molecule has 1 aromatic rings. The number of alkyl halides is 3. The first-order valence-electron chi connectivity index (χ1n) is 7.95. The Morgan fingerprint density at radius 3 is 2.38 bits per heavy atom. The summed E-state index contributed by atoms with van der Waals surface area (Å²) in [5, 5.41) is 9.47. The molecule has 0 aliphatic heterocycles. The zero-order valence-electron chi connectivity index (χ0n) is 15.4.